The minimum atomic E-state index is -1.37. The Hall–Kier alpha value is -0.810. The van der Waals surface area contributed by atoms with Crippen molar-refractivity contribution < 1.29 is 13.0 Å². The van der Waals surface area contributed by atoms with Gasteiger partial charge in [-0.25, -0.2) is 8.78 Å². The number of fused-ring (bicyclic) bond motifs is 1. The van der Waals surface area contributed by atoms with Gasteiger partial charge in [0.05, 0.1) is 15.7 Å². The molecule has 0 aromatic heterocycles. The first-order valence-corrected chi connectivity index (χ1v) is 6.44. The maximum Gasteiger partial charge on any atom is 0.142 e. The molecule has 0 radical (unpaired) electrons. The van der Waals surface area contributed by atoms with E-state index in [0.717, 1.165) is 6.07 Å². The van der Waals surface area contributed by atoms with Crippen molar-refractivity contribution in [3.05, 3.63) is 29.3 Å². The number of nitrogens with one attached hydrogen (secondary N) is 1. The molecule has 0 fully saturated rings. The van der Waals surface area contributed by atoms with Crippen LogP contribution in [0.25, 0.3) is 0 Å². The normalized spacial score (nSPS) is 23.8. The van der Waals surface area contributed by atoms with Crippen LogP contribution in [0.15, 0.2) is 17.0 Å². The first-order chi connectivity index (χ1) is 7.49. The van der Waals surface area contributed by atoms with Crippen LogP contribution in [0.1, 0.15) is 25.5 Å². The molecule has 0 aliphatic carbocycles. The van der Waals surface area contributed by atoms with Crippen molar-refractivity contribution in [2.45, 2.75) is 30.8 Å². The second-order valence-corrected chi connectivity index (χ2v) is 5.62. The molecule has 1 heterocycles. The lowest BCUT2D eigenvalue weighted by Crippen LogP contribution is -2.28. The Bertz CT molecular complexity index is 448. The zero-order valence-corrected chi connectivity index (χ0v) is 9.91. The molecule has 1 N–H and O–H groups in total. The average Bonchev–Trinajstić information content (AvgIpc) is 2.41. The lowest BCUT2D eigenvalue weighted by atomic mass is 10.1. The number of rotatable bonds is 2. The van der Waals surface area contributed by atoms with E-state index < -0.39 is 22.4 Å². The smallest absolute Gasteiger partial charge is 0.142 e. The third-order valence-corrected chi connectivity index (χ3v) is 4.01. The van der Waals surface area contributed by atoms with E-state index in [4.69, 9.17) is 0 Å². The Morgan fingerprint density at radius 3 is 2.75 bits per heavy atom. The number of hydrogen-bond donors (Lipinski definition) is 1. The van der Waals surface area contributed by atoms with Crippen molar-refractivity contribution in [2.24, 2.45) is 0 Å². The molecule has 0 spiro atoms. The van der Waals surface area contributed by atoms with Gasteiger partial charge in [-0.05, 0) is 11.6 Å². The summed E-state index contributed by atoms with van der Waals surface area (Å²) in [6.07, 6.45) is 0. The highest BCUT2D eigenvalue weighted by atomic mass is 32.2. The summed E-state index contributed by atoms with van der Waals surface area (Å²) in [6.45, 7) is 3.88. The summed E-state index contributed by atoms with van der Waals surface area (Å²) < 4.78 is 38.2. The van der Waals surface area contributed by atoms with E-state index in [1.54, 1.807) is 0 Å². The first kappa shape index (κ1) is 11.7. The van der Waals surface area contributed by atoms with Crippen LogP contribution in [0.4, 0.5) is 8.78 Å². The Kier molecular flexibility index (Phi) is 3.08. The van der Waals surface area contributed by atoms with E-state index in [-0.39, 0.29) is 17.0 Å². The third-order valence-electron chi connectivity index (χ3n) is 2.49. The zero-order valence-electron chi connectivity index (χ0n) is 9.09. The molecular formula is C11H13F2NOS. The van der Waals surface area contributed by atoms with Gasteiger partial charge in [0.25, 0.3) is 0 Å². The van der Waals surface area contributed by atoms with Crippen LogP contribution in [0.2, 0.25) is 0 Å². The number of halogens is 2. The second kappa shape index (κ2) is 4.22. The van der Waals surface area contributed by atoms with Crippen LogP contribution in [0.3, 0.4) is 0 Å². The summed E-state index contributed by atoms with van der Waals surface area (Å²) in [5, 5.41) is 3.16. The number of benzene rings is 1. The second-order valence-electron chi connectivity index (χ2n) is 4.19. The monoisotopic (exact) mass is 245 g/mol. The summed E-state index contributed by atoms with van der Waals surface area (Å²) in [5.74, 6) is -1.01. The maximum absolute atomic E-state index is 13.5. The minimum absolute atomic E-state index is 0.152. The third kappa shape index (κ3) is 2.01. The molecule has 0 bridgehead atoms. The number of hydrogen-bond acceptors (Lipinski definition) is 2. The summed E-state index contributed by atoms with van der Waals surface area (Å²) in [4.78, 5) is 0.152. The maximum atomic E-state index is 13.5. The lowest BCUT2D eigenvalue weighted by molar-refractivity contribution is 0.499. The zero-order chi connectivity index (χ0) is 11.9. The Labute approximate surface area is 95.5 Å². The molecule has 1 aliphatic heterocycles. The van der Waals surface area contributed by atoms with Gasteiger partial charge < -0.3 is 5.32 Å². The van der Waals surface area contributed by atoms with Gasteiger partial charge >= 0.3 is 0 Å². The van der Waals surface area contributed by atoms with Gasteiger partial charge in [-0.3, -0.25) is 4.21 Å². The van der Waals surface area contributed by atoms with Crippen LogP contribution in [-0.2, 0) is 10.8 Å². The molecule has 1 aromatic rings. The van der Waals surface area contributed by atoms with Crippen molar-refractivity contribution in [1.29, 1.82) is 0 Å². The van der Waals surface area contributed by atoms with Crippen molar-refractivity contribution in [3.63, 3.8) is 0 Å². The molecular weight excluding hydrogens is 232 g/mol. The summed E-state index contributed by atoms with van der Waals surface area (Å²) in [7, 11) is -1.37. The van der Waals surface area contributed by atoms with Gasteiger partial charge in [0.15, 0.2) is 0 Å². The van der Waals surface area contributed by atoms with Gasteiger partial charge in [0.2, 0.25) is 0 Å². The lowest BCUT2D eigenvalue weighted by Gasteiger charge is -2.15. The van der Waals surface area contributed by atoms with Crippen LogP contribution in [0.5, 0.6) is 0 Å². The van der Waals surface area contributed by atoms with E-state index in [0.29, 0.717) is 11.3 Å². The molecule has 0 amide bonds. The average molecular weight is 245 g/mol. The molecule has 16 heavy (non-hydrogen) atoms. The molecule has 0 saturated heterocycles. The van der Waals surface area contributed by atoms with Gasteiger partial charge in [0.1, 0.15) is 11.6 Å². The van der Waals surface area contributed by atoms with Crippen molar-refractivity contribution >= 4 is 10.8 Å². The van der Waals surface area contributed by atoms with Crippen molar-refractivity contribution in [3.8, 4) is 0 Å². The first-order valence-electron chi connectivity index (χ1n) is 5.12. The standard InChI is InChI=1S/C11H13F2NOS/c1-6(2)14-10-5-16(15)11-8(10)3-7(12)4-9(11)13/h3-4,6,10,14H,5H2,1-2H3. The van der Waals surface area contributed by atoms with Gasteiger partial charge in [-0.15, -0.1) is 0 Å². The van der Waals surface area contributed by atoms with E-state index in [2.05, 4.69) is 5.32 Å². The van der Waals surface area contributed by atoms with E-state index >= 15 is 0 Å². The molecule has 5 heteroatoms. The van der Waals surface area contributed by atoms with Crippen LogP contribution >= 0.6 is 0 Å². The molecule has 0 saturated carbocycles. The molecule has 1 aromatic carbocycles. The molecule has 1 aliphatic rings. The molecule has 2 nitrogen and oxygen atoms in total. The largest absolute Gasteiger partial charge is 0.307 e. The van der Waals surface area contributed by atoms with Crippen LogP contribution < -0.4 is 5.32 Å². The fourth-order valence-electron chi connectivity index (χ4n) is 1.94. The minimum Gasteiger partial charge on any atom is -0.307 e. The molecule has 2 atom stereocenters. The topological polar surface area (TPSA) is 29.1 Å². The molecule has 2 rings (SSSR count). The van der Waals surface area contributed by atoms with Crippen molar-refractivity contribution in [1.82, 2.24) is 5.32 Å². The predicted octanol–water partition coefficient (Wildman–Crippen LogP) is 2.13. The predicted molar refractivity (Wildman–Crippen MR) is 58.6 cm³/mol. The SMILES string of the molecule is CC(C)NC1CS(=O)c2c(F)cc(F)cc21. The molecule has 88 valence electrons. The van der Waals surface area contributed by atoms with Gasteiger partial charge in [-0.1, -0.05) is 13.8 Å². The quantitative estimate of drug-likeness (QED) is 0.864. The highest BCUT2D eigenvalue weighted by molar-refractivity contribution is 7.85. The fourth-order valence-corrected chi connectivity index (χ4v) is 3.43. The Morgan fingerprint density at radius 1 is 1.44 bits per heavy atom. The van der Waals surface area contributed by atoms with E-state index in [1.807, 2.05) is 13.8 Å². The van der Waals surface area contributed by atoms with Crippen LogP contribution in [-0.4, -0.2) is 16.0 Å². The Morgan fingerprint density at radius 2 is 2.12 bits per heavy atom. The Balaban J connectivity index is 2.44. The fraction of sp³-hybridized carbons (Fsp3) is 0.455. The molecule has 2 unspecified atom stereocenters. The van der Waals surface area contributed by atoms with Gasteiger partial charge in [-0.2, -0.15) is 0 Å². The highest BCUT2D eigenvalue weighted by Gasteiger charge is 2.32. The summed E-state index contributed by atoms with van der Waals surface area (Å²) >= 11 is 0. The summed E-state index contributed by atoms with van der Waals surface area (Å²) in [5.41, 5.74) is 0.490. The van der Waals surface area contributed by atoms with E-state index in [1.165, 1.54) is 6.07 Å². The van der Waals surface area contributed by atoms with Crippen LogP contribution in [0, 0.1) is 11.6 Å². The highest BCUT2D eigenvalue weighted by Crippen LogP contribution is 2.33. The summed E-state index contributed by atoms with van der Waals surface area (Å²) in [6, 6.07) is 2.01. The van der Waals surface area contributed by atoms with Gasteiger partial charge in [0, 0.05) is 23.9 Å². The van der Waals surface area contributed by atoms with Crippen molar-refractivity contribution in [2.75, 3.05) is 5.75 Å². The van der Waals surface area contributed by atoms with E-state index in [9.17, 15) is 13.0 Å².